The summed E-state index contributed by atoms with van der Waals surface area (Å²) < 4.78 is 24.0. The maximum Gasteiger partial charge on any atom is 0.296 e. The summed E-state index contributed by atoms with van der Waals surface area (Å²) in [5.41, 5.74) is 1.48. The first-order valence-corrected chi connectivity index (χ1v) is 5.84. The Labute approximate surface area is 84.3 Å². The third-order valence-electron chi connectivity index (χ3n) is 1.84. The van der Waals surface area contributed by atoms with Gasteiger partial charge in [0, 0.05) is 0 Å². The second-order valence-electron chi connectivity index (χ2n) is 3.39. The predicted octanol–water partition coefficient (Wildman–Crippen LogP) is 1.43. The van der Waals surface area contributed by atoms with Crippen LogP contribution in [0.4, 0.5) is 5.69 Å². The molecule has 0 aliphatic carbocycles. The van der Waals surface area contributed by atoms with Crippen molar-refractivity contribution in [1.29, 1.82) is 0 Å². The lowest BCUT2D eigenvalue weighted by Crippen LogP contribution is -2.22. The molecule has 1 aromatic carbocycles. The Balaban J connectivity index is 3.08. The van der Waals surface area contributed by atoms with E-state index < -0.39 is 10.2 Å². The van der Waals surface area contributed by atoms with Crippen molar-refractivity contribution in [3.8, 4) is 0 Å². The van der Waals surface area contributed by atoms with Crippen LogP contribution >= 0.6 is 0 Å². The molecule has 78 valence electrons. The lowest BCUT2D eigenvalue weighted by molar-refractivity contribution is 0.603. The Morgan fingerprint density at radius 3 is 2.36 bits per heavy atom. The van der Waals surface area contributed by atoms with Gasteiger partial charge in [-0.05, 0) is 17.5 Å². The maximum atomic E-state index is 10.8. The fraction of sp³-hybridized carbons (Fsp3) is 0.333. The van der Waals surface area contributed by atoms with Gasteiger partial charge < -0.3 is 0 Å². The SMILES string of the molecule is CC(C)c1ccccc1NS(N)(=O)=O. The summed E-state index contributed by atoms with van der Waals surface area (Å²) in [7, 11) is -3.68. The van der Waals surface area contributed by atoms with Gasteiger partial charge in [-0.15, -0.1) is 0 Å². The molecular weight excluding hydrogens is 200 g/mol. The van der Waals surface area contributed by atoms with Crippen LogP contribution in [0.1, 0.15) is 25.3 Å². The van der Waals surface area contributed by atoms with Crippen LogP contribution in [0.2, 0.25) is 0 Å². The summed E-state index contributed by atoms with van der Waals surface area (Å²) in [5, 5.41) is 4.90. The van der Waals surface area contributed by atoms with Gasteiger partial charge in [0.2, 0.25) is 0 Å². The van der Waals surface area contributed by atoms with Gasteiger partial charge in [0.15, 0.2) is 0 Å². The third kappa shape index (κ3) is 3.01. The lowest BCUT2D eigenvalue weighted by atomic mass is 10.0. The molecule has 0 amide bonds. The molecule has 5 heteroatoms. The van der Waals surface area contributed by atoms with Crippen LogP contribution in [0.15, 0.2) is 24.3 Å². The van der Waals surface area contributed by atoms with Crippen LogP contribution in [-0.2, 0) is 10.2 Å². The van der Waals surface area contributed by atoms with Crippen LogP contribution < -0.4 is 9.86 Å². The quantitative estimate of drug-likeness (QED) is 0.798. The number of nitrogens with one attached hydrogen (secondary N) is 1. The summed E-state index contributed by atoms with van der Waals surface area (Å²) >= 11 is 0. The fourth-order valence-corrected chi connectivity index (χ4v) is 1.74. The van der Waals surface area contributed by atoms with Gasteiger partial charge in [-0.3, -0.25) is 4.72 Å². The van der Waals surface area contributed by atoms with Crippen molar-refractivity contribution >= 4 is 15.9 Å². The second kappa shape index (κ2) is 3.98. The number of para-hydroxylation sites is 1. The smallest absolute Gasteiger partial charge is 0.271 e. The summed E-state index contributed by atoms with van der Waals surface area (Å²) in [6.45, 7) is 3.98. The minimum absolute atomic E-state index is 0.250. The van der Waals surface area contributed by atoms with Gasteiger partial charge in [0.1, 0.15) is 0 Å². The number of benzene rings is 1. The average molecular weight is 214 g/mol. The Kier molecular flexibility index (Phi) is 3.13. The number of anilines is 1. The monoisotopic (exact) mass is 214 g/mol. The van der Waals surface area contributed by atoms with E-state index in [0.29, 0.717) is 5.69 Å². The standard InChI is InChI=1S/C9H14N2O2S/c1-7(2)8-5-3-4-6-9(8)11-14(10,12)13/h3-7,11H,1-2H3,(H2,10,12,13). The summed E-state index contributed by atoms with van der Waals surface area (Å²) in [6.07, 6.45) is 0. The van der Waals surface area contributed by atoms with E-state index in [-0.39, 0.29) is 5.92 Å². The molecule has 0 atom stereocenters. The van der Waals surface area contributed by atoms with Crippen molar-refractivity contribution < 1.29 is 8.42 Å². The van der Waals surface area contributed by atoms with Gasteiger partial charge in [-0.2, -0.15) is 8.42 Å². The van der Waals surface area contributed by atoms with Gasteiger partial charge in [0.05, 0.1) is 5.69 Å². The topological polar surface area (TPSA) is 72.2 Å². The Hall–Kier alpha value is -1.07. The molecule has 0 spiro atoms. The molecule has 0 aliphatic heterocycles. The van der Waals surface area contributed by atoms with E-state index in [4.69, 9.17) is 5.14 Å². The first-order valence-electron chi connectivity index (χ1n) is 4.29. The number of hydrogen-bond acceptors (Lipinski definition) is 2. The van der Waals surface area contributed by atoms with E-state index in [1.807, 2.05) is 26.0 Å². The van der Waals surface area contributed by atoms with Gasteiger partial charge >= 0.3 is 0 Å². The van der Waals surface area contributed by atoms with Crippen molar-refractivity contribution in [2.75, 3.05) is 4.72 Å². The minimum Gasteiger partial charge on any atom is -0.271 e. The van der Waals surface area contributed by atoms with Crippen LogP contribution in [-0.4, -0.2) is 8.42 Å². The highest BCUT2D eigenvalue weighted by Crippen LogP contribution is 2.23. The molecule has 1 aromatic rings. The zero-order chi connectivity index (χ0) is 10.8. The van der Waals surface area contributed by atoms with Crippen molar-refractivity contribution in [2.45, 2.75) is 19.8 Å². The first-order chi connectivity index (χ1) is 6.40. The summed E-state index contributed by atoms with van der Waals surface area (Å²) in [4.78, 5) is 0. The molecule has 0 aliphatic rings. The average Bonchev–Trinajstić information content (AvgIpc) is 2.01. The van der Waals surface area contributed by atoms with Crippen molar-refractivity contribution in [3.05, 3.63) is 29.8 Å². The normalized spacial score (nSPS) is 11.7. The van der Waals surface area contributed by atoms with E-state index in [2.05, 4.69) is 4.72 Å². The number of nitrogens with two attached hydrogens (primary N) is 1. The highest BCUT2D eigenvalue weighted by molar-refractivity contribution is 7.90. The molecule has 0 saturated heterocycles. The van der Waals surface area contributed by atoms with Gasteiger partial charge in [-0.25, -0.2) is 5.14 Å². The maximum absolute atomic E-state index is 10.8. The third-order valence-corrected chi connectivity index (χ3v) is 2.34. The van der Waals surface area contributed by atoms with Crippen molar-refractivity contribution in [1.82, 2.24) is 0 Å². The largest absolute Gasteiger partial charge is 0.296 e. The molecule has 0 radical (unpaired) electrons. The molecule has 0 fully saturated rings. The van der Waals surface area contributed by atoms with E-state index in [9.17, 15) is 8.42 Å². The van der Waals surface area contributed by atoms with E-state index in [0.717, 1.165) is 5.56 Å². The molecule has 0 aromatic heterocycles. The summed E-state index contributed by atoms with van der Waals surface area (Å²) in [6, 6.07) is 7.20. The molecule has 1 rings (SSSR count). The predicted molar refractivity (Wildman–Crippen MR) is 57.3 cm³/mol. The number of hydrogen-bond donors (Lipinski definition) is 2. The van der Waals surface area contributed by atoms with Gasteiger partial charge in [0.25, 0.3) is 10.2 Å². The zero-order valence-electron chi connectivity index (χ0n) is 8.19. The molecule has 3 N–H and O–H groups in total. The Bertz CT molecular complexity index is 413. The summed E-state index contributed by atoms with van der Waals surface area (Å²) in [5.74, 6) is 0.250. The zero-order valence-corrected chi connectivity index (χ0v) is 9.01. The molecular formula is C9H14N2O2S. The van der Waals surface area contributed by atoms with Gasteiger partial charge in [-0.1, -0.05) is 32.0 Å². The highest BCUT2D eigenvalue weighted by Gasteiger charge is 2.09. The Morgan fingerprint density at radius 1 is 1.29 bits per heavy atom. The van der Waals surface area contributed by atoms with Crippen molar-refractivity contribution in [3.63, 3.8) is 0 Å². The Morgan fingerprint density at radius 2 is 1.86 bits per heavy atom. The van der Waals surface area contributed by atoms with Crippen molar-refractivity contribution in [2.24, 2.45) is 5.14 Å². The van der Waals surface area contributed by atoms with Crippen LogP contribution in [0, 0.1) is 0 Å². The molecule has 0 bridgehead atoms. The molecule has 0 heterocycles. The lowest BCUT2D eigenvalue weighted by Gasteiger charge is -2.12. The fourth-order valence-electron chi connectivity index (χ4n) is 1.25. The van der Waals surface area contributed by atoms with Crippen LogP contribution in [0.5, 0.6) is 0 Å². The van der Waals surface area contributed by atoms with E-state index in [1.165, 1.54) is 0 Å². The van der Waals surface area contributed by atoms with E-state index >= 15 is 0 Å². The molecule has 14 heavy (non-hydrogen) atoms. The molecule has 4 nitrogen and oxygen atoms in total. The molecule has 0 unspecified atom stereocenters. The van der Waals surface area contributed by atoms with Crippen LogP contribution in [0.3, 0.4) is 0 Å². The second-order valence-corrected chi connectivity index (χ2v) is 4.68. The number of rotatable bonds is 3. The minimum atomic E-state index is -3.68. The molecule has 0 saturated carbocycles. The first kappa shape index (κ1) is 11.0. The van der Waals surface area contributed by atoms with Crippen LogP contribution in [0.25, 0.3) is 0 Å². The van der Waals surface area contributed by atoms with E-state index in [1.54, 1.807) is 12.1 Å². The highest BCUT2D eigenvalue weighted by atomic mass is 32.2.